The summed E-state index contributed by atoms with van der Waals surface area (Å²) in [4.78, 5) is 18.9. The molecule has 1 aliphatic heterocycles. The second kappa shape index (κ2) is 10.7. The summed E-state index contributed by atoms with van der Waals surface area (Å²) in [5.74, 6) is -0.242. The van der Waals surface area contributed by atoms with Crippen LogP contribution in [0.2, 0.25) is 5.02 Å². The Balaban J connectivity index is 1.60. The topological polar surface area (TPSA) is 62.2 Å². The van der Waals surface area contributed by atoms with Crippen molar-refractivity contribution in [2.45, 2.75) is 25.9 Å². The maximum absolute atomic E-state index is 12.2. The van der Waals surface area contributed by atoms with Crippen LogP contribution in [0.1, 0.15) is 37.3 Å². The lowest BCUT2D eigenvalue weighted by atomic mass is 10.0. The number of rotatable bonds is 6. The third-order valence-corrected chi connectivity index (χ3v) is 7.40. The Morgan fingerprint density at radius 2 is 1.92 bits per heavy atom. The molecule has 3 heterocycles. The van der Waals surface area contributed by atoms with Crippen molar-refractivity contribution in [3.05, 3.63) is 106 Å². The van der Waals surface area contributed by atoms with Crippen molar-refractivity contribution in [2.75, 3.05) is 10.2 Å². The van der Waals surface area contributed by atoms with Crippen LogP contribution < -0.4 is 15.5 Å². The van der Waals surface area contributed by atoms with Crippen molar-refractivity contribution in [2.24, 2.45) is 5.92 Å². The summed E-state index contributed by atoms with van der Waals surface area (Å²) < 4.78 is 3.15. The van der Waals surface area contributed by atoms with Gasteiger partial charge in [-0.15, -0.1) is 0 Å². The molecule has 1 amide bonds. The number of amides is 1. The van der Waals surface area contributed by atoms with Gasteiger partial charge in [0.05, 0.1) is 22.4 Å². The lowest BCUT2D eigenvalue weighted by molar-refractivity contribution is -0.118. The highest BCUT2D eigenvalue weighted by atomic mass is 79.9. The maximum atomic E-state index is 12.2. The summed E-state index contributed by atoms with van der Waals surface area (Å²) in [6.07, 6.45) is 3.83. The predicted molar refractivity (Wildman–Crippen MR) is 156 cm³/mol. The van der Waals surface area contributed by atoms with Crippen LogP contribution in [0.5, 0.6) is 0 Å². The Bertz CT molecular complexity index is 1460. The Labute approximate surface area is 234 Å². The van der Waals surface area contributed by atoms with E-state index in [2.05, 4.69) is 59.2 Å². The van der Waals surface area contributed by atoms with Crippen molar-refractivity contribution in [1.82, 2.24) is 14.9 Å². The zero-order chi connectivity index (χ0) is 26.1. The first kappa shape index (κ1) is 25.4. The maximum Gasteiger partial charge on any atom is 0.226 e. The molecular formula is C28H25BrClN5OS. The molecule has 2 N–H and O–H groups in total. The minimum absolute atomic E-state index is 0.0899. The van der Waals surface area contributed by atoms with Gasteiger partial charge >= 0.3 is 0 Å². The molecule has 2 atom stereocenters. The number of thiocarbonyl (C=S) groups is 1. The highest BCUT2D eigenvalue weighted by molar-refractivity contribution is 9.10. The number of halogens is 2. The molecule has 0 radical (unpaired) electrons. The number of hydrogen-bond acceptors (Lipinski definition) is 3. The van der Waals surface area contributed by atoms with E-state index >= 15 is 0 Å². The molecule has 1 saturated heterocycles. The summed E-state index contributed by atoms with van der Waals surface area (Å²) in [6, 6.07) is 23.3. The van der Waals surface area contributed by atoms with Crippen molar-refractivity contribution >= 4 is 62.1 Å². The molecule has 0 saturated carbocycles. The van der Waals surface area contributed by atoms with Gasteiger partial charge in [0.25, 0.3) is 0 Å². The van der Waals surface area contributed by atoms with Crippen LogP contribution in [-0.2, 0) is 4.79 Å². The third kappa shape index (κ3) is 5.14. The van der Waals surface area contributed by atoms with E-state index in [9.17, 15) is 4.79 Å². The van der Waals surface area contributed by atoms with Gasteiger partial charge in [0.15, 0.2) is 5.11 Å². The van der Waals surface area contributed by atoms with Crippen molar-refractivity contribution in [1.29, 1.82) is 0 Å². The van der Waals surface area contributed by atoms with Gasteiger partial charge < -0.3 is 20.1 Å². The van der Waals surface area contributed by atoms with E-state index < -0.39 is 0 Å². The molecule has 0 spiro atoms. The first-order valence-electron chi connectivity index (χ1n) is 11.9. The van der Waals surface area contributed by atoms with Gasteiger partial charge in [-0.1, -0.05) is 53.5 Å². The zero-order valence-electron chi connectivity index (χ0n) is 20.2. The number of nitrogens with zero attached hydrogens (tertiary/aromatic N) is 3. The number of pyridine rings is 1. The van der Waals surface area contributed by atoms with Crippen LogP contribution in [0.4, 0.5) is 11.4 Å². The van der Waals surface area contributed by atoms with E-state index in [1.807, 2.05) is 74.6 Å². The summed E-state index contributed by atoms with van der Waals surface area (Å²) in [6.45, 7) is 3.68. The second-order valence-electron chi connectivity index (χ2n) is 9.09. The standard InChI is InChI=1S/C28H25BrClN5OS/c1-17(2)27(36)32-22-12-11-20(16-21(22)30)35-26(25(33-28(35)37)23-9-3-4-13-31-23)24-10-6-14-34(24)19-8-5-7-18(29)15-19/h3-17,25-26H,1-2H3,(H,32,36)(H,33,37)/t25-,26+/m1/s1. The Morgan fingerprint density at radius 1 is 1.08 bits per heavy atom. The van der Waals surface area contributed by atoms with E-state index in [4.69, 9.17) is 23.8 Å². The van der Waals surface area contributed by atoms with Crippen LogP contribution in [-0.4, -0.2) is 20.6 Å². The van der Waals surface area contributed by atoms with Gasteiger partial charge in [-0.05, 0) is 72.9 Å². The highest BCUT2D eigenvalue weighted by Crippen LogP contribution is 2.43. The molecule has 2 aromatic carbocycles. The monoisotopic (exact) mass is 593 g/mol. The van der Waals surface area contributed by atoms with E-state index in [-0.39, 0.29) is 23.9 Å². The number of hydrogen-bond donors (Lipinski definition) is 2. The van der Waals surface area contributed by atoms with Crippen molar-refractivity contribution in [3.63, 3.8) is 0 Å². The number of carbonyl (C=O) groups excluding carboxylic acids is 1. The molecule has 4 aromatic rings. The van der Waals surface area contributed by atoms with Crippen LogP contribution in [0.25, 0.3) is 5.69 Å². The summed E-state index contributed by atoms with van der Waals surface area (Å²) in [5, 5.41) is 7.39. The minimum atomic E-state index is -0.219. The first-order chi connectivity index (χ1) is 17.8. The zero-order valence-corrected chi connectivity index (χ0v) is 23.4. The van der Waals surface area contributed by atoms with E-state index in [1.165, 1.54) is 0 Å². The molecule has 0 aliphatic carbocycles. The number of aromatic nitrogens is 2. The fraction of sp³-hybridized carbons (Fsp3) is 0.179. The van der Waals surface area contributed by atoms with Crippen molar-refractivity contribution in [3.8, 4) is 5.69 Å². The number of anilines is 2. The Kier molecular flexibility index (Phi) is 7.33. The van der Waals surface area contributed by atoms with Crippen LogP contribution in [0.15, 0.2) is 89.7 Å². The van der Waals surface area contributed by atoms with Gasteiger partial charge in [-0.25, -0.2) is 0 Å². The molecule has 188 valence electrons. The van der Waals surface area contributed by atoms with Crippen LogP contribution in [0.3, 0.4) is 0 Å². The quantitative estimate of drug-likeness (QED) is 0.234. The molecule has 1 fully saturated rings. The molecule has 37 heavy (non-hydrogen) atoms. The minimum Gasteiger partial charge on any atom is -0.351 e. The van der Waals surface area contributed by atoms with Crippen LogP contribution >= 0.6 is 39.7 Å². The van der Waals surface area contributed by atoms with Gasteiger partial charge in [0.1, 0.15) is 6.04 Å². The number of carbonyl (C=O) groups is 1. The smallest absolute Gasteiger partial charge is 0.226 e. The van der Waals surface area contributed by atoms with Gasteiger partial charge in [-0.2, -0.15) is 0 Å². The van der Waals surface area contributed by atoms with E-state index in [0.29, 0.717) is 15.8 Å². The fourth-order valence-corrected chi connectivity index (χ4v) is 5.42. The highest BCUT2D eigenvalue weighted by Gasteiger charge is 2.42. The molecule has 5 rings (SSSR count). The third-order valence-electron chi connectivity index (χ3n) is 6.28. The average Bonchev–Trinajstić information content (AvgIpc) is 3.50. The normalized spacial score (nSPS) is 17.2. The first-order valence-corrected chi connectivity index (χ1v) is 13.5. The average molecular weight is 595 g/mol. The fourth-order valence-electron chi connectivity index (χ4n) is 4.46. The van der Waals surface area contributed by atoms with Gasteiger partial charge in [-0.3, -0.25) is 9.78 Å². The molecule has 9 heteroatoms. The number of nitrogens with one attached hydrogen (secondary N) is 2. The Hall–Kier alpha value is -3.20. The van der Waals surface area contributed by atoms with E-state index in [1.54, 1.807) is 6.20 Å². The Morgan fingerprint density at radius 3 is 2.62 bits per heavy atom. The van der Waals surface area contributed by atoms with Crippen molar-refractivity contribution < 1.29 is 4.79 Å². The summed E-state index contributed by atoms with van der Waals surface area (Å²) in [5.41, 5.74) is 4.32. The number of benzene rings is 2. The van der Waals surface area contributed by atoms with E-state index in [0.717, 1.165) is 27.2 Å². The lowest BCUT2D eigenvalue weighted by Gasteiger charge is -2.29. The van der Waals surface area contributed by atoms with Gasteiger partial charge in [0, 0.05) is 39.9 Å². The SMILES string of the molecule is CC(C)C(=O)Nc1ccc(N2C(=S)N[C@H](c3ccccn3)[C@@H]2c2cccn2-c2cccc(Br)c2)cc1Cl. The van der Waals surface area contributed by atoms with Crippen LogP contribution in [0, 0.1) is 5.92 Å². The largest absolute Gasteiger partial charge is 0.351 e. The van der Waals surface area contributed by atoms with Gasteiger partial charge in [0.2, 0.25) is 5.91 Å². The molecule has 1 aliphatic rings. The lowest BCUT2D eigenvalue weighted by Crippen LogP contribution is -2.30. The molecule has 6 nitrogen and oxygen atoms in total. The second-order valence-corrected chi connectivity index (χ2v) is 10.8. The molecular weight excluding hydrogens is 570 g/mol. The molecule has 2 aromatic heterocycles. The molecule has 0 unspecified atom stereocenters. The predicted octanol–water partition coefficient (Wildman–Crippen LogP) is 7.06. The molecule has 0 bridgehead atoms. The summed E-state index contributed by atoms with van der Waals surface area (Å²) in [7, 11) is 0. The summed E-state index contributed by atoms with van der Waals surface area (Å²) >= 11 is 16.1.